The second-order valence-corrected chi connectivity index (χ2v) is 7.91. The molecule has 0 aliphatic carbocycles. The number of nitrogens with zero attached hydrogens (tertiary/aromatic N) is 1. The Balaban J connectivity index is 1.64. The van der Waals surface area contributed by atoms with Gasteiger partial charge in [-0.3, -0.25) is 9.59 Å². The van der Waals surface area contributed by atoms with Crippen LogP contribution in [-0.4, -0.2) is 15.9 Å². The average Bonchev–Trinajstić information content (AvgIpc) is 3.01. The molecule has 0 atom stereocenters. The number of ether oxygens (including phenoxy) is 1. The number of rotatable bonds is 6. The van der Waals surface area contributed by atoms with E-state index in [2.05, 4.69) is 15.3 Å². The number of halogens is 1. The van der Waals surface area contributed by atoms with Crippen LogP contribution in [0.4, 0.5) is 0 Å². The smallest absolute Gasteiger partial charge is 0.263 e. The number of H-pyrrole nitrogens is 1. The van der Waals surface area contributed by atoms with Crippen LogP contribution in [0, 0.1) is 20.8 Å². The lowest BCUT2D eigenvalue weighted by molar-refractivity contribution is 0.0954. The first-order chi connectivity index (χ1) is 13.3. The number of aryl methyl sites for hydroxylation is 3. The van der Waals surface area contributed by atoms with E-state index in [0.29, 0.717) is 31.9 Å². The molecular formula is C20H20ClN3O3S. The first kappa shape index (κ1) is 20.1. The van der Waals surface area contributed by atoms with Gasteiger partial charge in [0.25, 0.3) is 11.5 Å². The SMILES string of the molecule is Cc1cc(C)c(CNC(=O)c2sc(COc3ccc(Cl)cc3)nc2C)c(=O)[nH]1. The largest absolute Gasteiger partial charge is 0.486 e. The van der Waals surface area contributed by atoms with Gasteiger partial charge in [0.05, 0.1) is 5.69 Å². The number of benzene rings is 1. The van der Waals surface area contributed by atoms with Gasteiger partial charge in [-0.25, -0.2) is 4.98 Å². The van der Waals surface area contributed by atoms with E-state index >= 15 is 0 Å². The van der Waals surface area contributed by atoms with Crippen molar-refractivity contribution in [1.29, 1.82) is 0 Å². The van der Waals surface area contributed by atoms with Gasteiger partial charge in [-0.2, -0.15) is 0 Å². The highest BCUT2D eigenvalue weighted by atomic mass is 35.5. The summed E-state index contributed by atoms with van der Waals surface area (Å²) in [4.78, 5) is 32.3. The Kier molecular flexibility index (Phi) is 6.16. The summed E-state index contributed by atoms with van der Waals surface area (Å²) in [5, 5.41) is 4.14. The maximum atomic E-state index is 12.5. The Hall–Kier alpha value is -2.64. The Bertz CT molecular complexity index is 1060. The number of hydrogen-bond donors (Lipinski definition) is 2. The minimum Gasteiger partial charge on any atom is -0.486 e. The third-order valence-electron chi connectivity index (χ3n) is 4.14. The molecule has 2 heterocycles. The van der Waals surface area contributed by atoms with Crippen LogP contribution >= 0.6 is 22.9 Å². The molecule has 0 saturated carbocycles. The van der Waals surface area contributed by atoms with Crippen molar-refractivity contribution >= 4 is 28.8 Å². The summed E-state index contributed by atoms with van der Waals surface area (Å²) in [6.07, 6.45) is 0. The van der Waals surface area contributed by atoms with Crippen LogP contribution in [0.3, 0.4) is 0 Å². The molecule has 28 heavy (non-hydrogen) atoms. The Labute approximate surface area is 171 Å². The first-order valence-corrected chi connectivity index (χ1v) is 9.85. The van der Waals surface area contributed by atoms with Crippen molar-refractivity contribution in [2.24, 2.45) is 0 Å². The van der Waals surface area contributed by atoms with Gasteiger partial charge in [-0.15, -0.1) is 11.3 Å². The monoisotopic (exact) mass is 417 g/mol. The van der Waals surface area contributed by atoms with Gasteiger partial charge >= 0.3 is 0 Å². The number of amides is 1. The van der Waals surface area contributed by atoms with Crippen molar-refractivity contribution in [3.8, 4) is 5.75 Å². The van der Waals surface area contributed by atoms with Crippen LogP contribution in [0.1, 0.15) is 37.2 Å². The molecule has 1 amide bonds. The van der Waals surface area contributed by atoms with Crippen LogP contribution < -0.4 is 15.6 Å². The molecule has 0 radical (unpaired) electrons. The van der Waals surface area contributed by atoms with Gasteiger partial charge < -0.3 is 15.0 Å². The van der Waals surface area contributed by atoms with Crippen LogP contribution in [0.2, 0.25) is 5.02 Å². The highest BCUT2D eigenvalue weighted by Gasteiger charge is 2.16. The van der Waals surface area contributed by atoms with Crippen molar-refractivity contribution in [3.63, 3.8) is 0 Å². The lowest BCUT2D eigenvalue weighted by Crippen LogP contribution is -2.27. The molecule has 0 spiro atoms. The summed E-state index contributed by atoms with van der Waals surface area (Å²) in [5.41, 5.74) is 2.64. The zero-order chi connectivity index (χ0) is 20.3. The number of carbonyl (C=O) groups excluding carboxylic acids is 1. The van der Waals surface area contributed by atoms with E-state index in [9.17, 15) is 9.59 Å². The minimum absolute atomic E-state index is 0.161. The summed E-state index contributed by atoms with van der Waals surface area (Å²) in [7, 11) is 0. The molecule has 0 aliphatic rings. The van der Waals surface area contributed by atoms with Crippen LogP contribution in [0.5, 0.6) is 5.75 Å². The average molecular weight is 418 g/mol. The van der Waals surface area contributed by atoms with E-state index in [-0.39, 0.29) is 24.6 Å². The van der Waals surface area contributed by atoms with Crippen molar-refractivity contribution in [1.82, 2.24) is 15.3 Å². The van der Waals surface area contributed by atoms with E-state index in [1.165, 1.54) is 11.3 Å². The molecule has 8 heteroatoms. The van der Waals surface area contributed by atoms with E-state index in [4.69, 9.17) is 16.3 Å². The number of thiazole rings is 1. The van der Waals surface area contributed by atoms with Gasteiger partial charge in [0.15, 0.2) is 0 Å². The number of hydrogen-bond acceptors (Lipinski definition) is 5. The van der Waals surface area contributed by atoms with Gasteiger partial charge in [0, 0.05) is 22.8 Å². The summed E-state index contributed by atoms with van der Waals surface area (Å²) in [5.74, 6) is 0.421. The molecule has 0 aliphatic heterocycles. The third-order valence-corrected chi connectivity index (χ3v) is 5.52. The van der Waals surface area contributed by atoms with E-state index < -0.39 is 0 Å². The molecule has 0 fully saturated rings. The molecule has 146 valence electrons. The molecule has 1 aromatic carbocycles. The van der Waals surface area contributed by atoms with Gasteiger partial charge in [0.2, 0.25) is 0 Å². The molecule has 3 aromatic rings. The van der Waals surface area contributed by atoms with Crippen LogP contribution in [0.25, 0.3) is 0 Å². The molecule has 0 saturated heterocycles. The number of aromatic amines is 1. The Morgan fingerprint density at radius 3 is 2.64 bits per heavy atom. The number of nitrogens with one attached hydrogen (secondary N) is 2. The predicted molar refractivity (Wildman–Crippen MR) is 110 cm³/mol. The summed E-state index contributed by atoms with van der Waals surface area (Å²) in [6.45, 7) is 5.88. The van der Waals surface area contributed by atoms with E-state index in [1.807, 2.05) is 19.9 Å². The second kappa shape index (κ2) is 8.58. The standard InChI is InChI=1S/C20H20ClN3O3S/c1-11-8-12(2)23-19(25)16(11)9-22-20(26)18-13(3)24-17(28-18)10-27-15-6-4-14(21)5-7-15/h4-8H,9-10H2,1-3H3,(H,22,26)(H,23,25). The van der Waals surface area contributed by atoms with Gasteiger partial charge in [0.1, 0.15) is 22.2 Å². The van der Waals surface area contributed by atoms with Crippen molar-refractivity contribution in [3.05, 3.63) is 78.1 Å². The summed E-state index contributed by atoms with van der Waals surface area (Å²) < 4.78 is 5.68. The van der Waals surface area contributed by atoms with Crippen molar-refractivity contribution in [2.45, 2.75) is 33.9 Å². The fraction of sp³-hybridized carbons (Fsp3) is 0.250. The van der Waals surface area contributed by atoms with E-state index in [0.717, 1.165) is 11.3 Å². The molecular weight excluding hydrogens is 398 g/mol. The highest BCUT2D eigenvalue weighted by molar-refractivity contribution is 7.13. The van der Waals surface area contributed by atoms with Crippen molar-refractivity contribution < 1.29 is 9.53 Å². The molecule has 2 N–H and O–H groups in total. The van der Waals surface area contributed by atoms with E-state index in [1.54, 1.807) is 31.2 Å². The lowest BCUT2D eigenvalue weighted by Gasteiger charge is -2.07. The summed E-state index contributed by atoms with van der Waals surface area (Å²) >= 11 is 7.13. The molecule has 3 rings (SSSR count). The fourth-order valence-electron chi connectivity index (χ4n) is 2.75. The van der Waals surface area contributed by atoms with Crippen LogP contribution in [0.15, 0.2) is 35.1 Å². The predicted octanol–water partition coefficient (Wildman–Crippen LogP) is 3.92. The normalized spacial score (nSPS) is 10.7. The topological polar surface area (TPSA) is 84.1 Å². The minimum atomic E-state index is -0.257. The molecule has 6 nitrogen and oxygen atoms in total. The van der Waals surface area contributed by atoms with Crippen molar-refractivity contribution in [2.75, 3.05) is 0 Å². The van der Waals surface area contributed by atoms with Crippen LogP contribution in [-0.2, 0) is 13.2 Å². The Morgan fingerprint density at radius 2 is 1.96 bits per heavy atom. The first-order valence-electron chi connectivity index (χ1n) is 8.65. The second-order valence-electron chi connectivity index (χ2n) is 6.39. The maximum absolute atomic E-state index is 12.5. The lowest BCUT2D eigenvalue weighted by atomic mass is 10.1. The van der Waals surface area contributed by atoms with Gasteiger partial charge in [-0.05, 0) is 56.7 Å². The quantitative estimate of drug-likeness (QED) is 0.636. The fourth-order valence-corrected chi connectivity index (χ4v) is 3.77. The zero-order valence-corrected chi connectivity index (χ0v) is 17.3. The Morgan fingerprint density at radius 1 is 1.25 bits per heavy atom. The number of pyridine rings is 1. The molecule has 0 unspecified atom stereocenters. The van der Waals surface area contributed by atoms with Gasteiger partial charge in [-0.1, -0.05) is 11.6 Å². The number of aromatic nitrogens is 2. The molecule has 2 aromatic heterocycles. The zero-order valence-electron chi connectivity index (χ0n) is 15.8. The maximum Gasteiger partial charge on any atom is 0.263 e. The third kappa shape index (κ3) is 4.79. The highest BCUT2D eigenvalue weighted by Crippen LogP contribution is 2.21. The number of carbonyl (C=O) groups is 1. The molecule has 0 bridgehead atoms. The summed E-state index contributed by atoms with van der Waals surface area (Å²) in [6, 6.07) is 8.93.